The highest BCUT2D eigenvalue weighted by molar-refractivity contribution is 5.87. The summed E-state index contributed by atoms with van der Waals surface area (Å²) in [5, 5.41) is 5.39. The lowest BCUT2D eigenvalue weighted by molar-refractivity contribution is 0.103. The Bertz CT molecular complexity index is 640. The van der Waals surface area contributed by atoms with Crippen molar-refractivity contribution in [2.45, 2.75) is 46.1 Å². The fourth-order valence-corrected chi connectivity index (χ4v) is 3.73. The molecule has 5 N–H and O–H groups in total. The normalized spacial score (nSPS) is 30.7. The van der Waals surface area contributed by atoms with E-state index in [2.05, 4.69) is 41.4 Å². The Morgan fingerprint density at radius 1 is 1.52 bits per heavy atom. The van der Waals surface area contributed by atoms with Crippen molar-refractivity contribution in [1.29, 1.82) is 0 Å². The molecule has 1 aliphatic rings. The van der Waals surface area contributed by atoms with Crippen LogP contribution in [0.3, 0.4) is 0 Å². The molecule has 0 bridgehead atoms. The van der Waals surface area contributed by atoms with E-state index in [-0.39, 0.29) is 28.4 Å². The van der Waals surface area contributed by atoms with E-state index in [9.17, 15) is 9.59 Å². The first kappa shape index (κ1) is 17.5. The fourth-order valence-electron chi connectivity index (χ4n) is 3.73. The predicted molar refractivity (Wildman–Crippen MR) is 90.0 cm³/mol. The SMILES string of the molecule is [CH2-]C1(C)CC(N)CC(C)(CNC(=O)Nc2nc(C)cc(=O)[nH]2)C1. The minimum absolute atomic E-state index is 0.0755. The van der Waals surface area contributed by atoms with Gasteiger partial charge in [-0.1, -0.05) is 26.7 Å². The van der Waals surface area contributed by atoms with Crippen LogP contribution in [0.2, 0.25) is 0 Å². The standard InChI is InChI=1S/C16H26N5O2/c1-10-5-12(22)20-13(19-10)21-14(23)18-9-16(4)7-11(17)6-15(2,3)8-16/h5,11H,2,6-9,17H2,1,3-4H3,(H3,18,19,20,21,22,23)/q-1. The van der Waals surface area contributed by atoms with Crippen molar-refractivity contribution in [3.63, 3.8) is 0 Å². The van der Waals surface area contributed by atoms with Crippen molar-refractivity contribution in [2.24, 2.45) is 16.6 Å². The molecule has 1 saturated carbocycles. The van der Waals surface area contributed by atoms with Crippen LogP contribution in [0.4, 0.5) is 10.7 Å². The molecule has 2 rings (SSSR count). The number of aromatic amines is 1. The van der Waals surface area contributed by atoms with Crippen LogP contribution >= 0.6 is 0 Å². The third kappa shape index (κ3) is 5.06. The lowest BCUT2D eigenvalue weighted by atomic mass is 9.63. The van der Waals surface area contributed by atoms with E-state index in [4.69, 9.17) is 5.73 Å². The number of nitrogens with one attached hydrogen (secondary N) is 3. The van der Waals surface area contributed by atoms with Gasteiger partial charge in [0.15, 0.2) is 0 Å². The Morgan fingerprint density at radius 3 is 2.83 bits per heavy atom. The summed E-state index contributed by atoms with van der Waals surface area (Å²) in [5.41, 5.74) is 6.20. The Morgan fingerprint density at radius 2 is 2.22 bits per heavy atom. The van der Waals surface area contributed by atoms with Gasteiger partial charge < -0.3 is 18.0 Å². The van der Waals surface area contributed by atoms with Crippen LogP contribution < -0.4 is 21.9 Å². The number of hydrogen-bond donors (Lipinski definition) is 4. The largest absolute Gasteiger partial charge is 0.337 e. The van der Waals surface area contributed by atoms with Gasteiger partial charge in [-0.3, -0.25) is 15.1 Å². The molecule has 0 spiro atoms. The second kappa shape index (κ2) is 6.31. The Kier molecular flexibility index (Phi) is 4.79. The molecule has 1 aromatic heterocycles. The highest BCUT2D eigenvalue weighted by Crippen LogP contribution is 2.44. The first-order chi connectivity index (χ1) is 10.6. The quantitative estimate of drug-likeness (QED) is 0.633. The van der Waals surface area contributed by atoms with Crippen LogP contribution in [0.5, 0.6) is 0 Å². The molecule has 0 radical (unpaired) electrons. The molecule has 0 saturated heterocycles. The molecule has 2 amide bonds. The van der Waals surface area contributed by atoms with E-state index in [1.165, 1.54) is 6.07 Å². The molecule has 3 unspecified atom stereocenters. The molecule has 0 aliphatic heterocycles. The second-order valence-corrected chi connectivity index (χ2v) is 7.51. The van der Waals surface area contributed by atoms with Gasteiger partial charge in [-0.15, -0.1) is 0 Å². The van der Waals surface area contributed by atoms with E-state index in [1.54, 1.807) is 6.92 Å². The lowest BCUT2D eigenvalue weighted by Gasteiger charge is -2.50. The fraction of sp³-hybridized carbons (Fsp3) is 0.625. The molecular formula is C16H26N5O2-. The Hall–Kier alpha value is -1.89. The molecule has 0 aromatic carbocycles. The van der Waals surface area contributed by atoms with Crippen LogP contribution in [0.25, 0.3) is 0 Å². The minimum atomic E-state index is -0.398. The van der Waals surface area contributed by atoms with Crippen LogP contribution in [-0.2, 0) is 0 Å². The number of aromatic nitrogens is 2. The van der Waals surface area contributed by atoms with Crippen molar-refractivity contribution in [3.8, 4) is 0 Å². The second-order valence-electron chi connectivity index (χ2n) is 7.51. The number of aryl methyl sites for hydroxylation is 1. The van der Waals surface area contributed by atoms with Gasteiger partial charge in [0.2, 0.25) is 5.95 Å². The highest BCUT2D eigenvalue weighted by Gasteiger charge is 2.36. The summed E-state index contributed by atoms with van der Waals surface area (Å²) in [7, 11) is 0. The van der Waals surface area contributed by atoms with Gasteiger partial charge >= 0.3 is 6.03 Å². The minimum Gasteiger partial charge on any atom is -0.337 e. The molecule has 23 heavy (non-hydrogen) atoms. The van der Waals surface area contributed by atoms with Gasteiger partial charge in [-0.2, -0.15) is 5.41 Å². The number of hydrogen-bond acceptors (Lipinski definition) is 4. The Balaban J connectivity index is 1.94. The maximum absolute atomic E-state index is 12.0. The van der Waals surface area contributed by atoms with Gasteiger partial charge in [-0.05, 0) is 18.8 Å². The summed E-state index contributed by atoms with van der Waals surface area (Å²) < 4.78 is 0. The highest BCUT2D eigenvalue weighted by atomic mass is 16.2. The van der Waals surface area contributed by atoms with Crippen molar-refractivity contribution < 1.29 is 4.79 Å². The first-order valence-electron chi connectivity index (χ1n) is 7.81. The zero-order valence-corrected chi connectivity index (χ0v) is 14.0. The third-order valence-electron chi connectivity index (χ3n) is 4.14. The van der Waals surface area contributed by atoms with Gasteiger partial charge in [0, 0.05) is 24.3 Å². The molecule has 3 atom stereocenters. The molecule has 1 aromatic rings. The molecule has 7 heteroatoms. The summed E-state index contributed by atoms with van der Waals surface area (Å²) in [4.78, 5) is 29.9. The molecular weight excluding hydrogens is 294 g/mol. The molecule has 128 valence electrons. The van der Waals surface area contributed by atoms with Crippen LogP contribution in [0, 0.1) is 24.7 Å². The molecule has 1 heterocycles. The van der Waals surface area contributed by atoms with Gasteiger partial charge in [0.25, 0.3) is 5.56 Å². The Labute approximate surface area is 136 Å². The zero-order valence-electron chi connectivity index (χ0n) is 14.0. The maximum Gasteiger partial charge on any atom is 0.321 e. The van der Waals surface area contributed by atoms with Gasteiger partial charge in [-0.25, -0.2) is 9.78 Å². The third-order valence-corrected chi connectivity index (χ3v) is 4.14. The predicted octanol–water partition coefficient (Wildman–Crippen LogP) is 1.56. The van der Waals surface area contributed by atoms with E-state index in [0.717, 1.165) is 19.3 Å². The lowest BCUT2D eigenvalue weighted by Crippen LogP contribution is -2.48. The average Bonchev–Trinajstić information content (AvgIpc) is 2.32. The summed E-state index contributed by atoms with van der Waals surface area (Å²) >= 11 is 0. The van der Waals surface area contributed by atoms with Crippen LogP contribution in [0.1, 0.15) is 38.8 Å². The van der Waals surface area contributed by atoms with E-state index >= 15 is 0 Å². The van der Waals surface area contributed by atoms with E-state index < -0.39 is 6.03 Å². The summed E-state index contributed by atoms with van der Waals surface area (Å²) in [6.07, 6.45) is 2.63. The van der Waals surface area contributed by atoms with Crippen molar-refractivity contribution in [1.82, 2.24) is 15.3 Å². The number of carbonyl (C=O) groups is 1. The summed E-state index contributed by atoms with van der Waals surface area (Å²) in [6.45, 7) is 10.6. The smallest absolute Gasteiger partial charge is 0.321 e. The summed E-state index contributed by atoms with van der Waals surface area (Å²) in [6, 6.07) is 1.06. The van der Waals surface area contributed by atoms with Crippen LogP contribution in [-0.4, -0.2) is 28.6 Å². The van der Waals surface area contributed by atoms with Crippen molar-refractivity contribution in [3.05, 3.63) is 29.0 Å². The van der Waals surface area contributed by atoms with Gasteiger partial charge in [0.1, 0.15) is 0 Å². The topological polar surface area (TPSA) is 113 Å². The maximum atomic E-state index is 12.0. The zero-order chi connectivity index (χ0) is 17.3. The first-order valence-corrected chi connectivity index (χ1v) is 7.81. The van der Waals surface area contributed by atoms with Crippen molar-refractivity contribution in [2.75, 3.05) is 11.9 Å². The molecule has 7 nitrogen and oxygen atoms in total. The number of amides is 2. The number of anilines is 1. The monoisotopic (exact) mass is 320 g/mol. The van der Waals surface area contributed by atoms with Gasteiger partial charge in [0.05, 0.1) is 0 Å². The van der Waals surface area contributed by atoms with E-state index in [0.29, 0.717) is 12.2 Å². The van der Waals surface area contributed by atoms with Crippen LogP contribution in [0.15, 0.2) is 10.9 Å². The number of nitrogens with two attached hydrogens (primary N) is 1. The average molecular weight is 320 g/mol. The molecule has 1 aliphatic carbocycles. The van der Waals surface area contributed by atoms with E-state index in [1.807, 2.05) is 0 Å². The number of H-pyrrole nitrogens is 1. The number of nitrogens with zero attached hydrogens (tertiary/aromatic N) is 1. The van der Waals surface area contributed by atoms with Crippen molar-refractivity contribution >= 4 is 12.0 Å². The number of urea groups is 1. The summed E-state index contributed by atoms with van der Waals surface area (Å²) in [5.74, 6) is 0.139. The number of carbonyl (C=O) groups excluding carboxylic acids is 1. The molecule has 1 fully saturated rings. The number of rotatable bonds is 3.